The van der Waals surface area contributed by atoms with Crippen molar-refractivity contribution in [1.82, 2.24) is 0 Å². The summed E-state index contributed by atoms with van der Waals surface area (Å²) >= 11 is 11.6. The highest BCUT2D eigenvalue weighted by atomic mass is 35.5. The molecular weight excluding hydrogens is 195 g/mol. The van der Waals surface area contributed by atoms with Crippen molar-refractivity contribution in [2.75, 3.05) is 7.11 Å². The minimum absolute atomic E-state index is 0.451. The largest absolute Gasteiger partial charge is 0.496 e. The van der Waals surface area contributed by atoms with Gasteiger partial charge in [0.1, 0.15) is 5.75 Å². The SMILES string of the molecule is COc1cc(Cl)cc(C)c1CCl. The zero-order valence-electron chi connectivity index (χ0n) is 7.03. The van der Waals surface area contributed by atoms with Gasteiger partial charge in [-0.05, 0) is 24.6 Å². The maximum Gasteiger partial charge on any atom is 0.125 e. The van der Waals surface area contributed by atoms with Gasteiger partial charge < -0.3 is 4.74 Å². The van der Waals surface area contributed by atoms with Crippen molar-refractivity contribution in [3.63, 3.8) is 0 Å². The van der Waals surface area contributed by atoms with Crippen molar-refractivity contribution in [2.45, 2.75) is 12.8 Å². The Morgan fingerprint density at radius 3 is 2.58 bits per heavy atom. The third kappa shape index (κ3) is 1.85. The van der Waals surface area contributed by atoms with E-state index in [-0.39, 0.29) is 0 Å². The van der Waals surface area contributed by atoms with Crippen molar-refractivity contribution in [2.24, 2.45) is 0 Å². The van der Waals surface area contributed by atoms with Crippen LogP contribution in [0.4, 0.5) is 0 Å². The van der Waals surface area contributed by atoms with Gasteiger partial charge in [0.15, 0.2) is 0 Å². The van der Waals surface area contributed by atoms with E-state index in [1.807, 2.05) is 13.0 Å². The van der Waals surface area contributed by atoms with Crippen molar-refractivity contribution >= 4 is 23.2 Å². The molecule has 0 unspecified atom stereocenters. The van der Waals surface area contributed by atoms with Crippen LogP contribution in [0, 0.1) is 6.92 Å². The topological polar surface area (TPSA) is 9.23 Å². The van der Waals surface area contributed by atoms with E-state index in [1.54, 1.807) is 13.2 Å². The van der Waals surface area contributed by atoms with Gasteiger partial charge >= 0.3 is 0 Å². The number of alkyl halides is 1. The lowest BCUT2D eigenvalue weighted by molar-refractivity contribution is 0.411. The standard InChI is InChI=1S/C9H10Cl2O/c1-6-3-7(11)4-9(12-2)8(6)5-10/h3-4H,5H2,1-2H3. The van der Waals surface area contributed by atoms with Crippen molar-refractivity contribution < 1.29 is 4.74 Å². The first-order valence-corrected chi connectivity index (χ1v) is 4.49. The van der Waals surface area contributed by atoms with Gasteiger partial charge in [-0.1, -0.05) is 11.6 Å². The predicted molar refractivity (Wildman–Crippen MR) is 52.3 cm³/mol. The summed E-state index contributed by atoms with van der Waals surface area (Å²) < 4.78 is 5.13. The highest BCUT2D eigenvalue weighted by molar-refractivity contribution is 6.30. The van der Waals surface area contributed by atoms with E-state index in [9.17, 15) is 0 Å². The average molecular weight is 205 g/mol. The lowest BCUT2D eigenvalue weighted by atomic mass is 10.1. The Bertz CT molecular complexity index is 284. The average Bonchev–Trinajstić information content (AvgIpc) is 2.03. The van der Waals surface area contributed by atoms with Crippen LogP contribution in [0.2, 0.25) is 5.02 Å². The third-order valence-corrected chi connectivity index (χ3v) is 2.24. The molecule has 66 valence electrons. The molecule has 0 saturated heterocycles. The molecule has 0 aliphatic rings. The zero-order valence-corrected chi connectivity index (χ0v) is 8.54. The summed E-state index contributed by atoms with van der Waals surface area (Å²) in [6.45, 7) is 1.96. The van der Waals surface area contributed by atoms with Crippen LogP contribution in [0.25, 0.3) is 0 Å². The van der Waals surface area contributed by atoms with Crippen LogP contribution < -0.4 is 4.74 Å². The van der Waals surface area contributed by atoms with Crippen LogP contribution >= 0.6 is 23.2 Å². The first-order valence-electron chi connectivity index (χ1n) is 3.58. The molecule has 0 aromatic heterocycles. The Balaban J connectivity index is 3.24. The van der Waals surface area contributed by atoms with E-state index in [1.165, 1.54) is 0 Å². The molecule has 0 atom stereocenters. The van der Waals surface area contributed by atoms with Crippen LogP contribution in [0.1, 0.15) is 11.1 Å². The summed E-state index contributed by atoms with van der Waals surface area (Å²) in [5, 5.41) is 0.679. The minimum Gasteiger partial charge on any atom is -0.496 e. The molecule has 0 heterocycles. The summed E-state index contributed by atoms with van der Waals surface area (Å²) in [5.41, 5.74) is 2.07. The molecule has 0 aliphatic heterocycles. The van der Waals surface area contributed by atoms with Crippen LogP contribution in [0.15, 0.2) is 12.1 Å². The van der Waals surface area contributed by atoms with E-state index in [0.717, 1.165) is 16.9 Å². The first-order chi connectivity index (χ1) is 5.69. The molecule has 0 aliphatic carbocycles. The fourth-order valence-corrected chi connectivity index (χ4v) is 1.70. The van der Waals surface area contributed by atoms with Gasteiger partial charge in [-0.2, -0.15) is 0 Å². The van der Waals surface area contributed by atoms with Crippen molar-refractivity contribution in [3.05, 3.63) is 28.3 Å². The molecule has 3 heteroatoms. The number of aryl methyl sites for hydroxylation is 1. The van der Waals surface area contributed by atoms with E-state index < -0.39 is 0 Å². The summed E-state index contributed by atoms with van der Waals surface area (Å²) in [5.74, 6) is 1.21. The molecule has 0 radical (unpaired) electrons. The molecule has 1 aromatic carbocycles. The Morgan fingerprint density at radius 2 is 2.08 bits per heavy atom. The van der Waals surface area contributed by atoms with Gasteiger partial charge in [-0.15, -0.1) is 11.6 Å². The number of benzene rings is 1. The van der Waals surface area contributed by atoms with Crippen LogP contribution in [0.3, 0.4) is 0 Å². The number of methoxy groups -OCH3 is 1. The zero-order chi connectivity index (χ0) is 9.14. The molecule has 1 aromatic rings. The maximum absolute atomic E-state index is 5.83. The lowest BCUT2D eigenvalue weighted by Gasteiger charge is -2.09. The molecule has 0 fully saturated rings. The second kappa shape index (κ2) is 4.01. The van der Waals surface area contributed by atoms with Gasteiger partial charge in [0, 0.05) is 10.6 Å². The second-order valence-electron chi connectivity index (χ2n) is 2.54. The van der Waals surface area contributed by atoms with Crippen LogP contribution in [-0.2, 0) is 5.88 Å². The summed E-state index contributed by atoms with van der Waals surface area (Å²) in [6.07, 6.45) is 0. The van der Waals surface area contributed by atoms with E-state index in [4.69, 9.17) is 27.9 Å². The van der Waals surface area contributed by atoms with Gasteiger partial charge in [0.2, 0.25) is 0 Å². The predicted octanol–water partition coefficient (Wildman–Crippen LogP) is 3.40. The maximum atomic E-state index is 5.83. The fourth-order valence-electron chi connectivity index (χ4n) is 1.10. The van der Waals surface area contributed by atoms with Gasteiger partial charge in [0.05, 0.1) is 13.0 Å². The highest BCUT2D eigenvalue weighted by Crippen LogP contribution is 2.27. The van der Waals surface area contributed by atoms with Crippen molar-refractivity contribution in [1.29, 1.82) is 0 Å². The Labute approximate surface area is 82.2 Å². The Morgan fingerprint density at radius 1 is 1.42 bits per heavy atom. The molecular formula is C9H10Cl2O. The number of hydrogen-bond donors (Lipinski definition) is 0. The summed E-state index contributed by atoms with van der Waals surface area (Å²) in [6, 6.07) is 3.65. The smallest absolute Gasteiger partial charge is 0.125 e. The quantitative estimate of drug-likeness (QED) is 0.672. The number of hydrogen-bond acceptors (Lipinski definition) is 1. The number of ether oxygens (including phenoxy) is 1. The fraction of sp³-hybridized carbons (Fsp3) is 0.333. The summed E-state index contributed by atoms with van der Waals surface area (Å²) in [4.78, 5) is 0. The van der Waals surface area contributed by atoms with Crippen LogP contribution in [0.5, 0.6) is 5.75 Å². The first kappa shape index (κ1) is 9.69. The van der Waals surface area contributed by atoms with Gasteiger partial charge in [0.25, 0.3) is 0 Å². The number of halogens is 2. The summed E-state index contributed by atoms with van der Waals surface area (Å²) in [7, 11) is 1.61. The normalized spacial score (nSPS) is 10.0. The molecule has 1 rings (SSSR count). The number of rotatable bonds is 2. The van der Waals surface area contributed by atoms with Gasteiger partial charge in [-0.3, -0.25) is 0 Å². The Kier molecular flexibility index (Phi) is 3.24. The molecule has 12 heavy (non-hydrogen) atoms. The molecule has 1 nitrogen and oxygen atoms in total. The van der Waals surface area contributed by atoms with E-state index >= 15 is 0 Å². The van der Waals surface area contributed by atoms with E-state index in [2.05, 4.69) is 0 Å². The molecule has 0 spiro atoms. The van der Waals surface area contributed by atoms with Crippen molar-refractivity contribution in [3.8, 4) is 5.75 Å². The van der Waals surface area contributed by atoms with E-state index in [0.29, 0.717) is 10.9 Å². The monoisotopic (exact) mass is 204 g/mol. The highest BCUT2D eigenvalue weighted by Gasteiger charge is 2.06. The minimum atomic E-state index is 0.451. The molecule has 0 N–H and O–H groups in total. The van der Waals surface area contributed by atoms with Crippen LogP contribution in [-0.4, -0.2) is 7.11 Å². The third-order valence-electron chi connectivity index (χ3n) is 1.75. The second-order valence-corrected chi connectivity index (χ2v) is 3.24. The molecule has 0 amide bonds. The van der Waals surface area contributed by atoms with Gasteiger partial charge in [-0.25, -0.2) is 0 Å². The Hall–Kier alpha value is -0.400. The molecule has 0 saturated carbocycles. The lowest BCUT2D eigenvalue weighted by Crippen LogP contribution is -1.92. The molecule has 0 bridgehead atoms.